The quantitative estimate of drug-likeness (QED) is 0.656. The predicted octanol–water partition coefficient (Wildman–Crippen LogP) is 4.47. The topological polar surface area (TPSA) is 58.1 Å². The Kier molecular flexibility index (Phi) is 6.23. The summed E-state index contributed by atoms with van der Waals surface area (Å²) in [7, 11) is 0. The van der Waals surface area contributed by atoms with Crippen LogP contribution >= 0.6 is 11.6 Å². The lowest BCUT2D eigenvalue weighted by Gasteiger charge is -2.31. The number of halogens is 2. The van der Waals surface area contributed by atoms with Gasteiger partial charge in [0.25, 0.3) is 0 Å². The molecule has 0 unspecified atom stereocenters. The van der Waals surface area contributed by atoms with Gasteiger partial charge in [-0.25, -0.2) is 4.39 Å². The molecule has 4 rings (SSSR count). The van der Waals surface area contributed by atoms with Crippen LogP contribution in [0.4, 0.5) is 10.2 Å². The highest BCUT2D eigenvalue weighted by molar-refractivity contribution is 6.31. The van der Waals surface area contributed by atoms with Crippen molar-refractivity contribution in [3.63, 3.8) is 0 Å². The lowest BCUT2D eigenvalue weighted by Crippen LogP contribution is -2.40. The van der Waals surface area contributed by atoms with E-state index in [2.05, 4.69) is 20.4 Å². The third-order valence-corrected chi connectivity index (χ3v) is 5.74. The number of hydrogen-bond donors (Lipinski definition) is 1. The van der Waals surface area contributed by atoms with Crippen LogP contribution in [0.1, 0.15) is 18.4 Å². The third kappa shape index (κ3) is 4.76. The first-order chi connectivity index (χ1) is 14.6. The number of nitrogens with zero attached hydrogens (tertiary/aromatic N) is 3. The van der Waals surface area contributed by atoms with Crippen molar-refractivity contribution >= 4 is 23.3 Å². The van der Waals surface area contributed by atoms with Crippen LogP contribution in [0.15, 0.2) is 60.7 Å². The summed E-state index contributed by atoms with van der Waals surface area (Å²) in [6, 6.07) is 17.6. The maximum absolute atomic E-state index is 13.4. The predicted molar refractivity (Wildman–Crippen MR) is 116 cm³/mol. The molecule has 0 radical (unpaired) electrons. The molecule has 2 heterocycles. The largest absolute Gasteiger partial charge is 0.355 e. The van der Waals surface area contributed by atoms with Gasteiger partial charge in [0.2, 0.25) is 5.91 Å². The second-order valence-corrected chi connectivity index (χ2v) is 7.76. The van der Waals surface area contributed by atoms with Gasteiger partial charge in [-0.2, -0.15) is 0 Å². The molecule has 7 heteroatoms. The van der Waals surface area contributed by atoms with Crippen LogP contribution in [0, 0.1) is 11.7 Å². The summed E-state index contributed by atoms with van der Waals surface area (Å²) in [5.41, 5.74) is 2.24. The summed E-state index contributed by atoms with van der Waals surface area (Å²) in [6.45, 7) is 1.90. The average Bonchev–Trinajstić information content (AvgIpc) is 2.78. The van der Waals surface area contributed by atoms with Crippen molar-refractivity contribution in [3.05, 3.63) is 77.1 Å². The molecule has 0 atom stereocenters. The average molecular weight is 425 g/mol. The maximum atomic E-state index is 13.4. The SMILES string of the molecule is O=C(NCc1ccccc1Cl)C1CCN(c2ccc(-c3cccc(F)c3)nn2)CC1. The van der Waals surface area contributed by atoms with Gasteiger partial charge in [-0.3, -0.25) is 4.79 Å². The zero-order chi connectivity index (χ0) is 20.9. The van der Waals surface area contributed by atoms with E-state index in [4.69, 9.17) is 11.6 Å². The van der Waals surface area contributed by atoms with Gasteiger partial charge in [0.1, 0.15) is 5.82 Å². The summed E-state index contributed by atoms with van der Waals surface area (Å²) in [5.74, 6) is 0.503. The van der Waals surface area contributed by atoms with Crippen molar-refractivity contribution in [1.82, 2.24) is 15.5 Å². The van der Waals surface area contributed by atoms with Crippen molar-refractivity contribution in [2.45, 2.75) is 19.4 Å². The van der Waals surface area contributed by atoms with Gasteiger partial charge in [0.05, 0.1) is 5.69 Å². The smallest absolute Gasteiger partial charge is 0.223 e. The number of hydrogen-bond acceptors (Lipinski definition) is 4. The molecule has 1 aromatic heterocycles. The summed E-state index contributed by atoms with van der Waals surface area (Å²) in [5, 5.41) is 12.2. The number of benzene rings is 2. The molecule has 1 N–H and O–H groups in total. The Morgan fingerprint density at radius 1 is 1.07 bits per heavy atom. The van der Waals surface area contributed by atoms with E-state index in [1.807, 2.05) is 36.4 Å². The normalized spacial score (nSPS) is 14.5. The number of carbonyl (C=O) groups is 1. The van der Waals surface area contributed by atoms with Gasteiger partial charge in [0, 0.05) is 36.1 Å². The van der Waals surface area contributed by atoms with Crippen LogP contribution in [0.5, 0.6) is 0 Å². The highest BCUT2D eigenvalue weighted by atomic mass is 35.5. The molecule has 1 fully saturated rings. The van der Waals surface area contributed by atoms with E-state index < -0.39 is 0 Å². The summed E-state index contributed by atoms with van der Waals surface area (Å²) in [6.07, 6.45) is 1.50. The van der Waals surface area contributed by atoms with Crippen molar-refractivity contribution in [1.29, 1.82) is 0 Å². The van der Waals surface area contributed by atoms with E-state index in [0.717, 1.165) is 37.3 Å². The fourth-order valence-corrected chi connectivity index (χ4v) is 3.84. The monoisotopic (exact) mass is 424 g/mol. The van der Waals surface area contributed by atoms with Gasteiger partial charge in [0.15, 0.2) is 5.82 Å². The number of amides is 1. The second kappa shape index (κ2) is 9.22. The zero-order valence-electron chi connectivity index (χ0n) is 16.4. The number of carbonyl (C=O) groups excluding carboxylic acids is 1. The number of anilines is 1. The number of nitrogens with one attached hydrogen (secondary N) is 1. The first kappa shape index (κ1) is 20.3. The number of piperidine rings is 1. The standard InChI is InChI=1S/C23H22ClFN4O/c24-20-7-2-1-4-18(20)15-26-23(30)16-10-12-29(13-11-16)22-9-8-21(27-28-22)17-5-3-6-19(25)14-17/h1-9,14,16H,10-13,15H2,(H,26,30). The molecule has 1 aliphatic heterocycles. The molecule has 5 nitrogen and oxygen atoms in total. The molecule has 1 aliphatic rings. The van der Waals surface area contributed by atoms with Crippen LogP contribution < -0.4 is 10.2 Å². The molecule has 0 spiro atoms. The van der Waals surface area contributed by atoms with Gasteiger partial charge in [-0.1, -0.05) is 41.9 Å². The van der Waals surface area contributed by atoms with Crippen LogP contribution in [0.2, 0.25) is 5.02 Å². The molecule has 0 bridgehead atoms. The van der Waals surface area contributed by atoms with Crippen molar-refractivity contribution < 1.29 is 9.18 Å². The summed E-state index contributed by atoms with van der Waals surface area (Å²) < 4.78 is 13.4. The minimum Gasteiger partial charge on any atom is -0.355 e. The first-order valence-corrected chi connectivity index (χ1v) is 10.3. The van der Waals surface area contributed by atoms with E-state index in [1.165, 1.54) is 12.1 Å². The Bertz CT molecular complexity index is 1020. The Balaban J connectivity index is 1.31. The second-order valence-electron chi connectivity index (χ2n) is 7.36. The Hall–Kier alpha value is -2.99. The van der Waals surface area contributed by atoms with Crippen LogP contribution in [-0.4, -0.2) is 29.2 Å². The highest BCUT2D eigenvalue weighted by Gasteiger charge is 2.25. The maximum Gasteiger partial charge on any atom is 0.223 e. The molecule has 30 heavy (non-hydrogen) atoms. The van der Waals surface area contributed by atoms with Gasteiger partial charge >= 0.3 is 0 Å². The molecule has 2 aromatic carbocycles. The van der Waals surface area contributed by atoms with Crippen LogP contribution in [-0.2, 0) is 11.3 Å². The van der Waals surface area contributed by atoms with Crippen molar-refractivity contribution in [2.24, 2.45) is 5.92 Å². The minimum absolute atomic E-state index is 0.0248. The Morgan fingerprint density at radius 3 is 2.57 bits per heavy atom. The molecule has 154 valence electrons. The molecule has 1 amide bonds. The van der Waals surface area contributed by atoms with Crippen molar-refractivity contribution in [2.75, 3.05) is 18.0 Å². The van der Waals surface area contributed by atoms with E-state index in [9.17, 15) is 9.18 Å². The Morgan fingerprint density at radius 2 is 1.87 bits per heavy atom. The fourth-order valence-electron chi connectivity index (χ4n) is 3.63. The van der Waals surface area contributed by atoms with E-state index in [-0.39, 0.29) is 17.6 Å². The van der Waals surface area contributed by atoms with E-state index in [0.29, 0.717) is 22.8 Å². The molecular weight excluding hydrogens is 403 g/mol. The van der Waals surface area contributed by atoms with Crippen LogP contribution in [0.25, 0.3) is 11.3 Å². The third-order valence-electron chi connectivity index (χ3n) is 5.37. The summed E-state index contributed by atoms with van der Waals surface area (Å²) in [4.78, 5) is 14.6. The zero-order valence-corrected chi connectivity index (χ0v) is 17.1. The minimum atomic E-state index is -0.298. The summed E-state index contributed by atoms with van der Waals surface area (Å²) >= 11 is 6.15. The van der Waals surface area contributed by atoms with E-state index in [1.54, 1.807) is 12.1 Å². The molecule has 1 saturated heterocycles. The lowest BCUT2D eigenvalue weighted by atomic mass is 9.96. The van der Waals surface area contributed by atoms with Gasteiger partial charge in [-0.05, 0) is 48.7 Å². The highest BCUT2D eigenvalue weighted by Crippen LogP contribution is 2.24. The van der Waals surface area contributed by atoms with E-state index >= 15 is 0 Å². The molecule has 0 aliphatic carbocycles. The van der Waals surface area contributed by atoms with Crippen molar-refractivity contribution in [3.8, 4) is 11.3 Å². The number of aromatic nitrogens is 2. The first-order valence-electron chi connectivity index (χ1n) is 9.96. The van der Waals surface area contributed by atoms with Gasteiger partial charge < -0.3 is 10.2 Å². The Labute approximate surface area is 179 Å². The van der Waals surface area contributed by atoms with Crippen LogP contribution in [0.3, 0.4) is 0 Å². The molecular formula is C23H22ClFN4O. The number of rotatable bonds is 5. The fraction of sp³-hybridized carbons (Fsp3) is 0.261. The van der Waals surface area contributed by atoms with Gasteiger partial charge in [-0.15, -0.1) is 10.2 Å². The lowest BCUT2D eigenvalue weighted by molar-refractivity contribution is -0.125. The molecule has 3 aromatic rings. The molecule has 0 saturated carbocycles.